The molecule has 0 saturated carbocycles. The zero-order valence-corrected chi connectivity index (χ0v) is 16.4. The van der Waals surface area contributed by atoms with E-state index in [0.717, 1.165) is 0 Å². The SMILES string of the molecule is CN(CC(=O)Nc1c(Cl)cccc1Cl)C(=O)Cn1ncc(=O)c2ccccc21. The van der Waals surface area contributed by atoms with Crippen LogP contribution in [0.5, 0.6) is 0 Å². The highest BCUT2D eigenvalue weighted by Crippen LogP contribution is 2.29. The molecule has 1 heterocycles. The van der Waals surface area contributed by atoms with Gasteiger partial charge in [0.25, 0.3) is 0 Å². The molecular formula is C19H16Cl2N4O3. The maximum atomic E-state index is 12.5. The minimum atomic E-state index is -0.441. The van der Waals surface area contributed by atoms with Crippen molar-refractivity contribution in [3.05, 3.63) is 68.9 Å². The second kappa shape index (κ2) is 8.41. The number of anilines is 1. The largest absolute Gasteiger partial charge is 0.335 e. The van der Waals surface area contributed by atoms with Crippen LogP contribution in [0.25, 0.3) is 10.9 Å². The lowest BCUT2D eigenvalue weighted by atomic mass is 10.2. The highest BCUT2D eigenvalue weighted by molar-refractivity contribution is 6.39. The number of carbonyl (C=O) groups excluding carboxylic acids is 2. The van der Waals surface area contributed by atoms with E-state index >= 15 is 0 Å². The Morgan fingerprint density at radius 3 is 2.50 bits per heavy atom. The molecule has 0 aliphatic heterocycles. The van der Waals surface area contributed by atoms with Gasteiger partial charge in [-0.1, -0.05) is 41.4 Å². The van der Waals surface area contributed by atoms with Crippen LogP contribution in [-0.4, -0.2) is 40.1 Å². The average Bonchev–Trinajstić information content (AvgIpc) is 2.67. The molecule has 0 radical (unpaired) electrons. The van der Waals surface area contributed by atoms with Gasteiger partial charge in [0.2, 0.25) is 17.2 Å². The Morgan fingerprint density at radius 2 is 1.79 bits per heavy atom. The Labute approximate surface area is 170 Å². The van der Waals surface area contributed by atoms with Gasteiger partial charge >= 0.3 is 0 Å². The Balaban J connectivity index is 1.69. The molecule has 0 aliphatic carbocycles. The molecule has 0 unspecified atom stereocenters. The number of hydrogen-bond acceptors (Lipinski definition) is 4. The number of aromatic nitrogens is 2. The Kier molecular flexibility index (Phi) is 5.96. The van der Waals surface area contributed by atoms with Crippen LogP contribution in [0.2, 0.25) is 10.0 Å². The van der Waals surface area contributed by atoms with Crippen LogP contribution in [0.1, 0.15) is 0 Å². The zero-order chi connectivity index (χ0) is 20.3. The lowest BCUT2D eigenvalue weighted by Crippen LogP contribution is -2.37. The molecule has 0 bridgehead atoms. The molecular weight excluding hydrogens is 403 g/mol. The number of halogens is 2. The van der Waals surface area contributed by atoms with Gasteiger partial charge < -0.3 is 10.2 Å². The summed E-state index contributed by atoms with van der Waals surface area (Å²) in [6, 6.07) is 11.8. The number of nitrogens with zero attached hydrogens (tertiary/aromatic N) is 3. The van der Waals surface area contributed by atoms with Crippen molar-refractivity contribution in [3.8, 4) is 0 Å². The van der Waals surface area contributed by atoms with E-state index in [2.05, 4.69) is 10.4 Å². The third-order valence-electron chi connectivity index (χ3n) is 4.08. The number of rotatable bonds is 5. The molecule has 2 amide bonds. The summed E-state index contributed by atoms with van der Waals surface area (Å²) >= 11 is 12.1. The number of benzene rings is 2. The van der Waals surface area contributed by atoms with Gasteiger partial charge in [-0.2, -0.15) is 5.10 Å². The second-order valence-electron chi connectivity index (χ2n) is 6.08. The number of likely N-dealkylation sites (N-methyl/N-ethyl adjacent to an activating group) is 1. The van der Waals surface area contributed by atoms with E-state index in [1.165, 1.54) is 22.8 Å². The van der Waals surface area contributed by atoms with Crippen molar-refractivity contribution in [1.29, 1.82) is 0 Å². The molecule has 0 fully saturated rings. The summed E-state index contributed by atoms with van der Waals surface area (Å²) in [5.74, 6) is -0.787. The Morgan fingerprint density at radius 1 is 1.11 bits per heavy atom. The zero-order valence-electron chi connectivity index (χ0n) is 14.9. The minimum Gasteiger partial charge on any atom is -0.335 e. The first-order chi connectivity index (χ1) is 13.4. The van der Waals surface area contributed by atoms with Crippen molar-refractivity contribution in [3.63, 3.8) is 0 Å². The number of hydrogen-bond donors (Lipinski definition) is 1. The number of fused-ring (bicyclic) bond motifs is 1. The maximum Gasteiger partial charge on any atom is 0.244 e. The van der Waals surface area contributed by atoms with Crippen LogP contribution < -0.4 is 10.7 Å². The average molecular weight is 419 g/mol. The summed E-state index contributed by atoms with van der Waals surface area (Å²) in [6.07, 6.45) is 1.17. The lowest BCUT2D eigenvalue weighted by molar-refractivity contribution is -0.133. The quantitative estimate of drug-likeness (QED) is 0.690. The fraction of sp³-hybridized carbons (Fsp3) is 0.158. The van der Waals surface area contributed by atoms with Crippen molar-refractivity contribution in [1.82, 2.24) is 14.7 Å². The molecule has 144 valence electrons. The van der Waals surface area contributed by atoms with E-state index in [1.54, 1.807) is 42.5 Å². The molecule has 0 saturated heterocycles. The molecule has 0 spiro atoms. The van der Waals surface area contributed by atoms with Crippen LogP contribution >= 0.6 is 23.2 Å². The van der Waals surface area contributed by atoms with Crippen molar-refractivity contribution in [2.45, 2.75) is 6.54 Å². The highest BCUT2D eigenvalue weighted by Gasteiger charge is 2.17. The highest BCUT2D eigenvalue weighted by atomic mass is 35.5. The van der Waals surface area contributed by atoms with Crippen molar-refractivity contribution >= 4 is 51.6 Å². The molecule has 3 aromatic rings. The molecule has 0 aliphatic rings. The van der Waals surface area contributed by atoms with E-state index in [-0.39, 0.29) is 24.4 Å². The number of carbonyl (C=O) groups is 2. The van der Waals surface area contributed by atoms with E-state index in [4.69, 9.17) is 23.2 Å². The molecule has 3 rings (SSSR count). The van der Waals surface area contributed by atoms with E-state index in [9.17, 15) is 14.4 Å². The van der Waals surface area contributed by atoms with Crippen molar-refractivity contribution < 1.29 is 9.59 Å². The minimum absolute atomic E-state index is 0.114. The molecule has 1 N–H and O–H groups in total. The van der Waals surface area contributed by atoms with Crippen LogP contribution in [0, 0.1) is 0 Å². The molecule has 7 nitrogen and oxygen atoms in total. The van der Waals surface area contributed by atoms with Gasteiger partial charge in [0, 0.05) is 12.4 Å². The van der Waals surface area contributed by atoms with E-state index in [1.807, 2.05) is 0 Å². The second-order valence-corrected chi connectivity index (χ2v) is 6.89. The van der Waals surface area contributed by atoms with Gasteiger partial charge in [-0.15, -0.1) is 0 Å². The summed E-state index contributed by atoms with van der Waals surface area (Å²) in [5, 5.41) is 7.71. The van der Waals surface area contributed by atoms with Crippen molar-refractivity contribution in [2.24, 2.45) is 0 Å². The predicted molar refractivity (Wildman–Crippen MR) is 109 cm³/mol. The van der Waals surface area contributed by atoms with Crippen LogP contribution in [-0.2, 0) is 16.1 Å². The summed E-state index contributed by atoms with van der Waals surface area (Å²) in [4.78, 5) is 37.9. The van der Waals surface area contributed by atoms with Gasteiger partial charge in [-0.05, 0) is 24.3 Å². The summed E-state index contributed by atoms with van der Waals surface area (Å²) < 4.78 is 1.43. The molecule has 28 heavy (non-hydrogen) atoms. The van der Waals surface area contributed by atoms with Crippen LogP contribution in [0.3, 0.4) is 0 Å². The molecule has 0 atom stereocenters. The standard InChI is InChI=1S/C19H16Cl2N4O3/c1-24(10-17(27)23-19-13(20)6-4-7-14(19)21)18(28)11-25-15-8-3-2-5-12(15)16(26)9-22-25/h2-9H,10-11H2,1H3,(H,23,27). The monoisotopic (exact) mass is 418 g/mol. The Bertz CT molecular complexity index is 1090. The number of para-hydroxylation sites is 2. The molecule has 1 aromatic heterocycles. The number of nitrogens with one attached hydrogen (secondary N) is 1. The Hall–Kier alpha value is -2.90. The summed E-state index contributed by atoms with van der Waals surface area (Å²) in [6.45, 7) is -0.310. The smallest absolute Gasteiger partial charge is 0.244 e. The van der Waals surface area contributed by atoms with Gasteiger partial charge in [0.05, 0.1) is 34.0 Å². The summed E-state index contributed by atoms with van der Waals surface area (Å²) in [7, 11) is 1.50. The van der Waals surface area contributed by atoms with E-state index < -0.39 is 5.91 Å². The number of amides is 2. The first-order valence-corrected chi connectivity index (χ1v) is 9.05. The summed E-state index contributed by atoms with van der Waals surface area (Å²) in [5.41, 5.74) is 0.623. The van der Waals surface area contributed by atoms with Crippen LogP contribution in [0.15, 0.2) is 53.5 Å². The first-order valence-electron chi connectivity index (χ1n) is 8.29. The molecule has 9 heteroatoms. The fourth-order valence-electron chi connectivity index (χ4n) is 2.64. The van der Waals surface area contributed by atoms with Crippen LogP contribution in [0.4, 0.5) is 5.69 Å². The first kappa shape index (κ1) is 19.9. The normalized spacial score (nSPS) is 10.7. The topological polar surface area (TPSA) is 84.3 Å². The van der Waals surface area contributed by atoms with Gasteiger partial charge in [0.1, 0.15) is 6.54 Å². The van der Waals surface area contributed by atoms with Gasteiger partial charge in [0.15, 0.2) is 0 Å². The predicted octanol–water partition coefficient (Wildman–Crippen LogP) is 2.80. The fourth-order valence-corrected chi connectivity index (χ4v) is 3.13. The molecule has 2 aromatic carbocycles. The lowest BCUT2D eigenvalue weighted by Gasteiger charge is -2.18. The van der Waals surface area contributed by atoms with Gasteiger partial charge in [-0.25, -0.2) is 0 Å². The van der Waals surface area contributed by atoms with E-state index in [0.29, 0.717) is 26.6 Å². The third-order valence-corrected chi connectivity index (χ3v) is 4.71. The maximum absolute atomic E-state index is 12.5. The van der Waals surface area contributed by atoms with Crippen molar-refractivity contribution in [2.75, 3.05) is 18.9 Å². The third kappa shape index (κ3) is 4.32. The van der Waals surface area contributed by atoms with Gasteiger partial charge in [-0.3, -0.25) is 19.1 Å².